The Labute approximate surface area is 168 Å². The van der Waals surface area contributed by atoms with Gasteiger partial charge in [-0.2, -0.15) is 0 Å². The predicted octanol–water partition coefficient (Wildman–Crippen LogP) is 2.45. The van der Waals surface area contributed by atoms with Crippen LogP contribution in [0.3, 0.4) is 0 Å². The molecule has 2 aromatic carbocycles. The Balaban J connectivity index is 1.80. The maximum absolute atomic E-state index is 11.9. The Bertz CT molecular complexity index is 856. The van der Waals surface area contributed by atoms with E-state index in [-0.39, 0.29) is 12.5 Å². The van der Waals surface area contributed by atoms with Gasteiger partial charge in [0.2, 0.25) is 5.91 Å². The van der Waals surface area contributed by atoms with E-state index < -0.39 is 24.5 Å². The van der Waals surface area contributed by atoms with E-state index in [1.165, 1.54) is 0 Å². The monoisotopic (exact) mass is 406 g/mol. The summed E-state index contributed by atoms with van der Waals surface area (Å²) < 4.78 is 10.4. The van der Waals surface area contributed by atoms with Gasteiger partial charge in [-0.25, -0.2) is 4.79 Å². The van der Waals surface area contributed by atoms with Gasteiger partial charge in [-0.05, 0) is 25.5 Å². The van der Waals surface area contributed by atoms with Crippen LogP contribution in [0, 0.1) is 0 Å². The minimum absolute atomic E-state index is 0.292. The highest BCUT2D eigenvalue weighted by molar-refractivity contribution is 6.35. The number of hydrogen-bond donors (Lipinski definition) is 2. The van der Waals surface area contributed by atoms with Crippen molar-refractivity contribution in [3.63, 3.8) is 0 Å². The lowest BCUT2D eigenvalue weighted by Gasteiger charge is -2.14. The van der Waals surface area contributed by atoms with Gasteiger partial charge in [-0.3, -0.25) is 9.59 Å². The van der Waals surface area contributed by atoms with E-state index in [1.807, 2.05) is 31.2 Å². The zero-order valence-corrected chi connectivity index (χ0v) is 16.5. The highest BCUT2D eigenvalue weighted by Gasteiger charge is 2.16. The van der Waals surface area contributed by atoms with Gasteiger partial charge in [0.05, 0.1) is 0 Å². The summed E-state index contributed by atoms with van der Waals surface area (Å²) in [4.78, 5) is 35.4. The molecule has 0 heterocycles. The summed E-state index contributed by atoms with van der Waals surface area (Å²) in [6, 6.07) is 10.0. The Morgan fingerprint density at radius 2 is 1.79 bits per heavy atom. The minimum Gasteiger partial charge on any atom is -0.481 e. The van der Waals surface area contributed by atoms with Crippen molar-refractivity contribution in [2.75, 3.05) is 19.8 Å². The smallest absolute Gasteiger partial charge is 0.344 e. The first-order valence-electron chi connectivity index (χ1n) is 8.95. The molecule has 0 aliphatic carbocycles. The molecule has 0 aliphatic rings. The molecule has 2 amide bonds. The van der Waals surface area contributed by atoms with Gasteiger partial charge in [0.15, 0.2) is 13.2 Å². The summed E-state index contributed by atoms with van der Waals surface area (Å²) in [5.74, 6) is -1.07. The van der Waals surface area contributed by atoms with Crippen LogP contribution >= 0.6 is 11.6 Å². The lowest BCUT2D eigenvalue weighted by molar-refractivity contribution is -0.150. The lowest BCUT2D eigenvalue weighted by atomic mass is 10.1. The molecule has 1 atom stereocenters. The number of carbonyl (C=O) groups excluding carboxylic acids is 3. The molecular formula is C20H23ClN2O5. The molecule has 2 rings (SSSR count). The van der Waals surface area contributed by atoms with Crippen LogP contribution in [0.1, 0.15) is 20.3 Å². The second-order valence-corrected chi connectivity index (χ2v) is 6.53. The van der Waals surface area contributed by atoms with Crippen molar-refractivity contribution in [3.05, 3.63) is 41.4 Å². The Morgan fingerprint density at radius 3 is 2.50 bits per heavy atom. The second-order valence-electron chi connectivity index (χ2n) is 6.12. The number of ether oxygens (including phenoxy) is 2. The van der Waals surface area contributed by atoms with Crippen LogP contribution in [-0.4, -0.2) is 43.6 Å². The van der Waals surface area contributed by atoms with Crippen molar-refractivity contribution in [3.8, 4) is 5.75 Å². The minimum atomic E-state index is -0.713. The zero-order valence-electron chi connectivity index (χ0n) is 15.8. The first-order valence-corrected chi connectivity index (χ1v) is 9.33. The van der Waals surface area contributed by atoms with Crippen molar-refractivity contribution in [2.24, 2.45) is 0 Å². The highest BCUT2D eigenvalue weighted by Crippen LogP contribution is 2.31. The van der Waals surface area contributed by atoms with Crippen molar-refractivity contribution < 1.29 is 23.9 Å². The quantitative estimate of drug-likeness (QED) is 0.624. The van der Waals surface area contributed by atoms with E-state index >= 15 is 0 Å². The van der Waals surface area contributed by atoms with Crippen LogP contribution in [0.15, 0.2) is 36.4 Å². The summed E-state index contributed by atoms with van der Waals surface area (Å²) in [5.41, 5.74) is 0. The van der Waals surface area contributed by atoms with Gasteiger partial charge in [0.1, 0.15) is 11.8 Å². The third-order valence-corrected chi connectivity index (χ3v) is 4.19. The normalized spacial score (nSPS) is 11.5. The molecule has 0 saturated carbocycles. The fourth-order valence-corrected chi connectivity index (χ4v) is 2.66. The van der Waals surface area contributed by atoms with Crippen LogP contribution in [0.25, 0.3) is 10.8 Å². The molecule has 0 fully saturated rings. The molecule has 2 aromatic rings. The van der Waals surface area contributed by atoms with E-state index in [0.717, 1.165) is 17.2 Å². The average molecular weight is 407 g/mol. The molecule has 8 heteroatoms. The van der Waals surface area contributed by atoms with Crippen molar-refractivity contribution in [1.29, 1.82) is 0 Å². The second kappa shape index (κ2) is 10.5. The third-order valence-electron chi connectivity index (χ3n) is 3.86. The zero-order chi connectivity index (χ0) is 20.5. The molecular weight excluding hydrogens is 384 g/mol. The molecule has 0 aromatic heterocycles. The number of carbonyl (C=O) groups is 3. The van der Waals surface area contributed by atoms with E-state index in [9.17, 15) is 14.4 Å². The van der Waals surface area contributed by atoms with Gasteiger partial charge in [0.25, 0.3) is 5.91 Å². The molecule has 0 unspecified atom stereocenters. The van der Waals surface area contributed by atoms with E-state index in [2.05, 4.69) is 10.6 Å². The van der Waals surface area contributed by atoms with Gasteiger partial charge < -0.3 is 20.1 Å². The first kappa shape index (κ1) is 21.5. The van der Waals surface area contributed by atoms with Gasteiger partial charge in [-0.15, -0.1) is 0 Å². The fourth-order valence-electron chi connectivity index (χ4n) is 2.43. The average Bonchev–Trinajstić information content (AvgIpc) is 2.70. The molecule has 0 radical (unpaired) electrons. The van der Waals surface area contributed by atoms with Crippen LogP contribution in [0.5, 0.6) is 5.75 Å². The maximum atomic E-state index is 11.9. The molecule has 2 N–H and O–H groups in total. The summed E-state index contributed by atoms with van der Waals surface area (Å²) in [7, 11) is 0. The van der Waals surface area contributed by atoms with Crippen LogP contribution < -0.4 is 15.4 Å². The van der Waals surface area contributed by atoms with E-state index in [4.69, 9.17) is 21.1 Å². The van der Waals surface area contributed by atoms with Crippen molar-refractivity contribution in [2.45, 2.75) is 26.3 Å². The summed E-state index contributed by atoms with van der Waals surface area (Å²) >= 11 is 6.15. The number of fused-ring (bicyclic) bond motifs is 1. The van der Waals surface area contributed by atoms with E-state index in [1.54, 1.807) is 19.1 Å². The molecule has 0 bridgehead atoms. The number of rotatable bonds is 9. The fraction of sp³-hybridized carbons (Fsp3) is 0.350. The lowest BCUT2D eigenvalue weighted by Crippen LogP contribution is -2.46. The number of halogens is 1. The van der Waals surface area contributed by atoms with Crippen LogP contribution in [0.4, 0.5) is 0 Å². The molecule has 0 aliphatic heterocycles. The van der Waals surface area contributed by atoms with Gasteiger partial charge >= 0.3 is 5.97 Å². The number of esters is 1. The molecule has 7 nitrogen and oxygen atoms in total. The van der Waals surface area contributed by atoms with Gasteiger partial charge in [-0.1, -0.05) is 42.8 Å². The molecule has 28 heavy (non-hydrogen) atoms. The predicted molar refractivity (Wildman–Crippen MR) is 106 cm³/mol. The number of benzene rings is 2. The van der Waals surface area contributed by atoms with Crippen molar-refractivity contribution in [1.82, 2.24) is 10.6 Å². The number of amides is 2. The topological polar surface area (TPSA) is 93.7 Å². The Hall–Kier alpha value is -2.80. The van der Waals surface area contributed by atoms with Crippen molar-refractivity contribution >= 4 is 40.2 Å². The Kier molecular flexibility index (Phi) is 8.07. The molecule has 150 valence electrons. The summed E-state index contributed by atoms with van der Waals surface area (Å²) in [6.45, 7) is 3.17. The summed E-state index contributed by atoms with van der Waals surface area (Å²) in [5, 5.41) is 7.30. The Morgan fingerprint density at radius 1 is 1.07 bits per heavy atom. The van der Waals surface area contributed by atoms with Crippen LogP contribution in [-0.2, 0) is 19.1 Å². The largest absolute Gasteiger partial charge is 0.481 e. The van der Waals surface area contributed by atoms with Gasteiger partial charge in [0, 0.05) is 22.3 Å². The first-order chi connectivity index (χ1) is 13.4. The molecule has 0 saturated heterocycles. The third kappa shape index (κ3) is 6.13. The number of hydrogen-bond acceptors (Lipinski definition) is 5. The van der Waals surface area contributed by atoms with E-state index in [0.29, 0.717) is 17.3 Å². The summed E-state index contributed by atoms with van der Waals surface area (Å²) in [6.07, 6.45) is 0.799. The SMILES string of the molecule is CCCNC(=O)[C@H](C)NC(=O)COC(=O)COc1ccc(Cl)c2ccccc12. The number of nitrogens with one attached hydrogen (secondary N) is 2. The molecule has 0 spiro atoms. The standard InChI is InChI=1S/C20H23ClN2O5/c1-3-10-22-20(26)13(2)23-18(24)11-28-19(25)12-27-17-9-8-16(21)14-6-4-5-7-15(14)17/h4-9,13H,3,10-12H2,1-2H3,(H,22,26)(H,23,24)/t13-/m0/s1. The highest BCUT2D eigenvalue weighted by atomic mass is 35.5. The maximum Gasteiger partial charge on any atom is 0.344 e. The van der Waals surface area contributed by atoms with Crippen LogP contribution in [0.2, 0.25) is 5.02 Å².